The SMILES string of the molecule is c1ccc(-c2cc(-c3ccccc3)nc(-c3ccc4cc(-c5cccc(-c6ccc7cc(-c8cc(-c9ccccc9)nc(-c9ccccc9)n8)ccc7c6)c5)ccc4c3)c2)cc1. The van der Waals surface area contributed by atoms with Gasteiger partial charge in [-0.25, -0.2) is 15.0 Å². The van der Waals surface area contributed by atoms with Crippen molar-refractivity contribution >= 4 is 21.5 Å². The second kappa shape index (κ2) is 16.1. The van der Waals surface area contributed by atoms with Crippen LogP contribution in [0.4, 0.5) is 0 Å². The maximum atomic E-state index is 5.17. The number of benzene rings is 9. The van der Waals surface area contributed by atoms with E-state index in [1.54, 1.807) is 0 Å². The smallest absolute Gasteiger partial charge is 0.160 e. The molecule has 3 heteroatoms. The number of hydrogen-bond acceptors (Lipinski definition) is 3. The number of hydrogen-bond donors (Lipinski definition) is 0. The van der Waals surface area contributed by atoms with Gasteiger partial charge in [0.25, 0.3) is 0 Å². The van der Waals surface area contributed by atoms with Crippen LogP contribution in [0, 0.1) is 0 Å². The summed E-state index contributed by atoms with van der Waals surface area (Å²) < 4.78 is 0. The minimum absolute atomic E-state index is 0.716. The van der Waals surface area contributed by atoms with Crippen molar-refractivity contribution < 1.29 is 0 Å². The number of fused-ring (bicyclic) bond motifs is 2. The van der Waals surface area contributed by atoms with E-state index in [4.69, 9.17) is 15.0 Å². The summed E-state index contributed by atoms with van der Waals surface area (Å²) in [4.78, 5) is 15.2. The molecule has 11 rings (SSSR count). The van der Waals surface area contributed by atoms with Crippen LogP contribution < -0.4 is 0 Å². The zero-order valence-corrected chi connectivity index (χ0v) is 33.9. The lowest BCUT2D eigenvalue weighted by atomic mass is 9.94. The molecule has 0 aliphatic carbocycles. The first-order valence-electron chi connectivity index (χ1n) is 21.0. The van der Waals surface area contributed by atoms with E-state index < -0.39 is 0 Å². The van der Waals surface area contributed by atoms with Gasteiger partial charge in [0.1, 0.15) is 0 Å². The third-order valence-corrected chi connectivity index (χ3v) is 11.6. The van der Waals surface area contributed by atoms with Gasteiger partial charge in [0.2, 0.25) is 0 Å². The van der Waals surface area contributed by atoms with Crippen LogP contribution in [0.5, 0.6) is 0 Å². The van der Waals surface area contributed by atoms with E-state index in [0.29, 0.717) is 5.82 Å². The van der Waals surface area contributed by atoms with Gasteiger partial charge in [0.15, 0.2) is 5.82 Å². The summed E-state index contributed by atoms with van der Waals surface area (Å²) >= 11 is 0. The van der Waals surface area contributed by atoms with Crippen LogP contribution in [0.25, 0.3) is 111 Å². The van der Waals surface area contributed by atoms with Crippen LogP contribution >= 0.6 is 0 Å². The van der Waals surface area contributed by atoms with Crippen molar-refractivity contribution in [1.29, 1.82) is 0 Å². The van der Waals surface area contributed by atoms with Gasteiger partial charge in [0.05, 0.1) is 22.8 Å². The second-order valence-corrected chi connectivity index (χ2v) is 15.7. The van der Waals surface area contributed by atoms with Crippen LogP contribution in [0.15, 0.2) is 237 Å². The highest BCUT2D eigenvalue weighted by molar-refractivity contribution is 5.93. The number of nitrogens with zero attached hydrogens (tertiary/aromatic N) is 3. The van der Waals surface area contributed by atoms with Crippen molar-refractivity contribution in [3.8, 4) is 89.8 Å². The van der Waals surface area contributed by atoms with Gasteiger partial charge >= 0.3 is 0 Å². The third kappa shape index (κ3) is 7.44. The summed E-state index contributed by atoms with van der Waals surface area (Å²) in [5.41, 5.74) is 16.1. The Morgan fingerprint density at radius 2 is 0.516 bits per heavy atom. The standard InChI is InChI=1S/C59H39N3/c1-5-14-40(15-6-1)54-37-55(41-16-7-2-8-17-41)60-56(38-54)52-30-28-48-33-46(24-26-50(48)35-52)44-22-13-23-45(32-44)47-25-27-51-36-53(31-29-49(51)34-47)58-39-57(42-18-9-3-10-19-42)61-59(62-58)43-20-11-4-12-21-43/h1-39H. The molecule has 2 aromatic heterocycles. The normalized spacial score (nSPS) is 11.2. The van der Waals surface area contributed by atoms with Crippen molar-refractivity contribution in [3.05, 3.63) is 237 Å². The van der Waals surface area contributed by atoms with Gasteiger partial charge in [-0.05, 0) is 103 Å². The van der Waals surface area contributed by atoms with Gasteiger partial charge < -0.3 is 0 Å². The zero-order valence-electron chi connectivity index (χ0n) is 33.9. The van der Waals surface area contributed by atoms with E-state index in [9.17, 15) is 0 Å². The van der Waals surface area contributed by atoms with E-state index in [-0.39, 0.29) is 0 Å². The van der Waals surface area contributed by atoms with Crippen LogP contribution in [-0.4, -0.2) is 15.0 Å². The molecule has 0 unspecified atom stereocenters. The molecule has 9 aromatic carbocycles. The zero-order chi connectivity index (χ0) is 41.2. The Kier molecular flexibility index (Phi) is 9.53. The first kappa shape index (κ1) is 36.8. The van der Waals surface area contributed by atoms with Crippen LogP contribution in [0.2, 0.25) is 0 Å². The van der Waals surface area contributed by atoms with Gasteiger partial charge in [0, 0.05) is 27.8 Å². The van der Waals surface area contributed by atoms with Crippen molar-refractivity contribution in [2.45, 2.75) is 0 Å². The Hall–Kier alpha value is -8.27. The van der Waals surface area contributed by atoms with E-state index in [1.807, 2.05) is 42.5 Å². The van der Waals surface area contributed by atoms with Crippen molar-refractivity contribution in [1.82, 2.24) is 15.0 Å². The highest BCUT2D eigenvalue weighted by Gasteiger charge is 2.13. The predicted octanol–water partition coefficient (Wildman–Crippen LogP) is 15.5. The second-order valence-electron chi connectivity index (χ2n) is 15.7. The average Bonchev–Trinajstić information content (AvgIpc) is 3.36. The quantitative estimate of drug-likeness (QED) is 0.154. The molecule has 0 atom stereocenters. The Morgan fingerprint density at radius 1 is 0.177 bits per heavy atom. The van der Waals surface area contributed by atoms with E-state index in [0.717, 1.165) is 61.5 Å². The highest BCUT2D eigenvalue weighted by Crippen LogP contribution is 2.35. The van der Waals surface area contributed by atoms with Crippen molar-refractivity contribution in [2.75, 3.05) is 0 Å². The predicted molar refractivity (Wildman–Crippen MR) is 258 cm³/mol. The minimum atomic E-state index is 0.716. The fourth-order valence-corrected chi connectivity index (χ4v) is 8.35. The lowest BCUT2D eigenvalue weighted by Crippen LogP contribution is -1.95. The molecule has 0 N–H and O–H groups in total. The minimum Gasteiger partial charge on any atom is -0.248 e. The van der Waals surface area contributed by atoms with Gasteiger partial charge in [-0.1, -0.05) is 188 Å². The lowest BCUT2D eigenvalue weighted by molar-refractivity contribution is 1.18. The average molecular weight is 790 g/mol. The molecule has 0 aliphatic rings. The van der Waals surface area contributed by atoms with Gasteiger partial charge in [-0.15, -0.1) is 0 Å². The number of pyridine rings is 1. The molecular formula is C59H39N3. The maximum absolute atomic E-state index is 5.17. The molecule has 0 aliphatic heterocycles. The monoisotopic (exact) mass is 789 g/mol. The third-order valence-electron chi connectivity index (χ3n) is 11.6. The molecule has 0 spiro atoms. The largest absolute Gasteiger partial charge is 0.248 e. The van der Waals surface area contributed by atoms with Crippen molar-refractivity contribution in [2.24, 2.45) is 0 Å². The molecule has 3 nitrogen and oxygen atoms in total. The molecule has 0 saturated heterocycles. The maximum Gasteiger partial charge on any atom is 0.160 e. The van der Waals surface area contributed by atoms with Crippen LogP contribution in [0.1, 0.15) is 0 Å². The summed E-state index contributed by atoms with van der Waals surface area (Å²) in [6, 6.07) is 83.6. The lowest BCUT2D eigenvalue weighted by Gasteiger charge is -2.12. The fourth-order valence-electron chi connectivity index (χ4n) is 8.35. The first-order valence-corrected chi connectivity index (χ1v) is 21.0. The summed E-state index contributed by atoms with van der Waals surface area (Å²) in [5.74, 6) is 0.716. The van der Waals surface area contributed by atoms with Crippen LogP contribution in [0.3, 0.4) is 0 Å². The number of aromatic nitrogens is 3. The molecule has 0 radical (unpaired) electrons. The fraction of sp³-hybridized carbons (Fsp3) is 0. The summed E-state index contributed by atoms with van der Waals surface area (Å²) in [7, 11) is 0. The molecule has 0 amide bonds. The molecule has 11 aromatic rings. The summed E-state index contributed by atoms with van der Waals surface area (Å²) in [5, 5.41) is 4.71. The van der Waals surface area contributed by atoms with Gasteiger partial charge in [-0.2, -0.15) is 0 Å². The van der Waals surface area contributed by atoms with E-state index >= 15 is 0 Å². The van der Waals surface area contributed by atoms with E-state index in [1.165, 1.54) is 44.0 Å². The topological polar surface area (TPSA) is 38.7 Å². The molecule has 62 heavy (non-hydrogen) atoms. The molecule has 0 bridgehead atoms. The summed E-state index contributed by atoms with van der Waals surface area (Å²) in [6.07, 6.45) is 0. The molecular weight excluding hydrogens is 751 g/mol. The molecule has 2 heterocycles. The van der Waals surface area contributed by atoms with Crippen molar-refractivity contribution in [3.63, 3.8) is 0 Å². The van der Waals surface area contributed by atoms with E-state index in [2.05, 4.69) is 194 Å². The first-order chi connectivity index (χ1) is 30.7. The Balaban J connectivity index is 0.889. The van der Waals surface area contributed by atoms with Gasteiger partial charge in [-0.3, -0.25) is 0 Å². The molecule has 0 saturated carbocycles. The summed E-state index contributed by atoms with van der Waals surface area (Å²) in [6.45, 7) is 0. The Labute approximate surface area is 361 Å². The molecule has 0 fully saturated rings. The Morgan fingerprint density at radius 3 is 1.00 bits per heavy atom. The number of rotatable bonds is 8. The van der Waals surface area contributed by atoms with Crippen LogP contribution in [-0.2, 0) is 0 Å². The Bertz CT molecular complexity index is 3040. The highest BCUT2D eigenvalue weighted by atomic mass is 14.9. The molecule has 290 valence electrons.